The van der Waals surface area contributed by atoms with Crippen LogP contribution in [0, 0.1) is 11.8 Å². The molecule has 0 aliphatic heterocycles. The van der Waals surface area contributed by atoms with Gasteiger partial charge in [-0.25, -0.2) is 0 Å². The van der Waals surface area contributed by atoms with Gasteiger partial charge in [0.1, 0.15) is 0 Å². The van der Waals surface area contributed by atoms with Gasteiger partial charge in [0.25, 0.3) is 0 Å². The Morgan fingerprint density at radius 1 is 1.00 bits per heavy atom. The Labute approximate surface area is 134 Å². The first-order valence-corrected chi connectivity index (χ1v) is 8.40. The molecule has 1 unspecified atom stereocenters. The zero-order valence-corrected chi connectivity index (χ0v) is 14.6. The van der Waals surface area contributed by atoms with Gasteiger partial charge in [-0.2, -0.15) is 0 Å². The molecular weight excluding hydrogens is 289 g/mol. The lowest BCUT2D eigenvalue weighted by atomic mass is 9.82. The van der Waals surface area contributed by atoms with E-state index in [1.54, 1.807) is 0 Å². The second-order valence-corrected chi connectivity index (χ2v) is 6.72. The maximum atomic E-state index is 6.18. The molecule has 0 radical (unpaired) electrons. The minimum absolute atomic E-state index is 0.499. The molecule has 0 bridgehead atoms. The number of hydrogen-bond acceptors (Lipinski definition) is 1. The average molecular weight is 316 g/mol. The third-order valence-electron chi connectivity index (χ3n) is 3.91. The lowest BCUT2D eigenvalue weighted by Gasteiger charge is -2.27. The molecule has 1 rings (SSSR count). The van der Waals surface area contributed by atoms with Crippen LogP contribution in [-0.4, -0.2) is 13.1 Å². The van der Waals surface area contributed by atoms with Gasteiger partial charge in [-0.3, -0.25) is 0 Å². The van der Waals surface area contributed by atoms with Crippen molar-refractivity contribution in [2.45, 2.75) is 46.5 Å². The Hall–Kier alpha value is -0.240. The highest BCUT2D eigenvalue weighted by molar-refractivity contribution is 6.42. The monoisotopic (exact) mass is 315 g/mol. The van der Waals surface area contributed by atoms with Crippen LogP contribution in [0.2, 0.25) is 10.0 Å². The summed E-state index contributed by atoms with van der Waals surface area (Å²) in [6, 6.07) is 6.06. The number of nitrogens with one attached hydrogen (secondary N) is 1. The summed E-state index contributed by atoms with van der Waals surface area (Å²) in [5, 5.41) is 4.88. The van der Waals surface area contributed by atoms with Gasteiger partial charge in [-0.05, 0) is 42.0 Å². The molecule has 0 saturated heterocycles. The van der Waals surface area contributed by atoms with Crippen LogP contribution >= 0.6 is 23.2 Å². The maximum Gasteiger partial charge on any atom is 0.0595 e. The molecule has 0 aliphatic rings. The molecule has 3 heteroatoms. The van der Waals surface area contributed by atoms with Gasteiger partial charge in [0.2, 0.25) is 0 Å². The minimum atomic E-state index is 0.499. The number of rotatable bonds is 8. The van der Waals surface area contributed by atoms with Crippen molar-refractivity contribution in [2.24, 2.45) is 11.8 Å². The van der Waals surface area contributed by atoms with Crippen LogP contribution in [0.15, 0.2) is 18.2 Å². The minimum Gasteiger partial charge on any atom is -0.316 e. The Bertz CT molecular complexity index is 400. The van der Waals surface area contributed by atoms with Crippen LogP contribution in [0.25, 0.3) is 0 Å². The Balaban J connectivity index is 2.87. The first-order valence-electron chi connectivity index (χ1n) is 7.65. The number of hydrogen-bond donors (Lipinski definition) is 1. The van der Waals surface area contributed by atoms with Gasteiger partial charge in [0.15, 0.2) is 0 Å². The van der Waals surface area contributed by atoms with Crippen molar-refractivity contribution in [1.82, 2.24) is 5.32 Å². The lowest BCUT2D eigenvalue weighted by molar-refractivity contribution is 0.373. The van der Waals surface area contributed by atoms with Crippen LogP contribution in [0.4, 0.5) is 0 Å². The van der Waals surface area contributed by atoms with Crippen molar-refractivity contribution in [3.63, 3.8) is 0 Å². The molecule has 1 N–H and O–H groups in total. The second-order valence-electron chi connectivity index (χ2n) is 5.91. The fraction of sp³-hybridized carbons (Fsp3) is 0.647. The zero-order valence-electron chi connectivity index (χ0n) is 13.0. The quantitative estimate of drug-likeness (QED) is 0.643. The molecule has 1 aromatic rings. The van der Waals surface area contributed by atoms with Gasteiger partial charge in [0, 0.05) is 6.54 Å². The zero-order chi connectivity index (χ0) is 15.1. The molecule has 0 amide bonds. The highest BCUT2D eigenvalue weighted by Crippen LogP contribution is 2.33. The third-order valence-corrected chi connectivity index (χ3v) is 4.65. The Morgan fingerprint density at radius 3 is 2.15 bits per heavy atom. The molecule has 0 aliphatic carbocycles. The van der Waals surface area contributed by atoms with E-state index in [2.05, 4.69) is 39.1 Å². The fourth-order valence-corrected chi connectivity index (χ4v) is 2.99. The van der Waals surface area contributed by atoms with Crippen LogP contribution in [0.5, 0.6) is 0 Å². The molecule has 0 spiro atoms. The second kappa shape index (κ2) is 8.92. The van der Waals surface area contributed by atoms with E-state index < -0.39 is 0 Å². The molecule has 1 atom stereocenters. The Morgan fingerprint density at radius 2 is 1.65 bits per heavy atom. The van der Waals surface area contributed by atoms with E-state index in [1.165, 1.54) is 18.4 Å². The Kier molecular flexibility index (Phi) is 7.94. The van der Waals surface area contributed by atoms with E-state index in [4.69, 9.17) is 23.2 Å². The maximum absolute atomic E-state index is 6.18. The summed E-state index contributed by atoms with van der Waals surface area (Å²) in [7, 11) is 0. The van der Waals surface area contributed by atoms with Crippen molar-refractivity contribution in [1.29, 1.82) is 0 Å². The van der Waals surface area contributed by atoms with E-state index in [9.17, 15) is 0 Å². The summed E-state index contributed by atoms with van der Waals surface area (Å²) in [6.07, 6.45) is 2.37. The normalized spacial score (nSPS) is 13.2. The molecular formula is C17H27Cl2N. The smallest absolute Gasteiger partial charge is 0.0595 e. The first kappa shape index (κ1) is 17.8. The van der Waals surface area contributed by atoms with E-state index >= 15 is 0 Å². The van der Waals surface area contributed by atoms with Crippen molar-refractivity contribution in [3.8, 4) is 0 Å². The highest BCUT2D eigenvalue weighted by atomic mass is 35.5. The first-order chi connectivity index (χ1) is 9.49. The van der Waals surface area contributed by atoms with Crippen molar-refractivity contribution >= 4 is 23.2 Å². The van der Waals surface area contributed by atoms with Gasteiger partial charge in [-0.1, -0.05) is 69.8 Å². The van der Waals surface area contributed by atoms with Gasteiger partial charge < -0.3 is 5.32 Å². The molecule has 1 nitrogen and oxygen atoms in total. The predicted molar refractivity (Wildman–Crippen MR) is 91.0 cm³/mol. The summed E-state index contributed by atoms with van der Waals surface area (Å²) in [6.45, 7) is 11.1. The topological polar surface area (TPSA) is 12.0 Å². The molecule has 0 fully saturated rings. The fourth-order valence-electron chi connectivity index (χ4n) is 2.68. The molecule has 0 saturated carbocycles. The lowest BCUT2D eigenvalue weighted by Crippen LogP contribution is -2.29. The predicted octanol–water partition coefficient (Wildman–Crippen LogP) is 5.76. The summed E-state index contributed by atoms with van der Waals surface area (Å²) in [5.41, 5.74) is 1.30. The van der Waals surface area contributed by atoms with Crippen LogP contribution in [0.3, 0.4) is 0 Å². The van der Waals surface area contributed by atoms with Gasteiger partial charge in [0.05, 0.1) is 10.0 Å². The van der Waals surface area contributed by atoms with Crippen molar-refractivity contribution in [2.75, 3.05) is 13.1 Å². The number of halogens is 2. The highest BCUT2D eigenvalue weighted by Gasteiger charge is 2.21. The SMILES string of the molecule is CCC(CC)C(CNCC(C)C)c1ccc(Cl)c(Cl)c1. The average Bonchev–Trinajstić information content (AvgIpc) is 2.41. The van der Waals surface area contributed by atoms with Crippen molar-refractivity contribution in [3.05, 3.63) is 33.8 Å². The summed E-state index contributed by atoms with van der Waals surface area (Å²) < 4.78 is 0. The third kappa shape index (κ3) is 5.27. The van der Waals surface area contributed by atoms with Crippen LogP contribution in [0.1, 0.15) is 52.0 Å². The summed E-state index contributed by atoms with van der Waals surface area (Å²) in [4.78, 5) is 0. The van der Waals surface area contributed by atoms with Gasteiger partial charge >= 0.3 is 0 Å². The molecule has 0 heterocycles. The number of benzene rings is 1. The van der Waals surface area contributed by atoms with E-state index in [0.29, 0.717) is 27.8 Å². The summed E-state index contributed by atoms with van der Waals surface area (Å²) >= 11 is 12.2. The molecule has 114 valence electrons. The molecule has 1 aromatic carbocycles. The van der Waals surface area contributed by atoms with Crippen molar-refractivity contribution < 1.29 is 0 Å². The van der Waals surface area contributed by atoms with E-state index in [1.807, 2.05) is 12.1 Å². The van der Waals surface area contributed by atoms with Gasteiger partial charge in [-0.15, -0.1) is 0 Å². The summed E-state index contributed by atoms with van der Waals surface area (Å²) in [5.74, 6) is 1.84. The van der Waals surface area contributed by atoms with E-state index in [-0.39, 0.29) is 0 Å². The molecule has 20 heavy (non-hydrogen) atoms. The largest absolute Gasteiger partial charge is 0.316 e. The molecule has 0 aromatic heterocycles. The standard InChI is InChI=1S/C17H27Cl2N/c1-5-13(6-2)15(11-20-10-12(3)4)14-7-8-16(18)17(19)9-14/h7-9,12-13,15,20H,5-6,10-11H2,1-4H3. The van der Waals surface area contributed by atoms with Crippen LogP contribution in [-0.2, 0) is 0 Å². The van der Waals surface area contributed by atoms with Crippen LogP contribution < -0.4 is 5.32 Å². The van der Waals surface area contributed by atoms with E-state index in [0.717, 1.165) is 13.1 Å².